The molecule has 1 fully saturated rings. The largest absolute Gasteiger partial charge is 0.466 e. The van der Waals surface area contributed by atoms with Crippen LogP contribution in [-0.2, 0) is 9.53 Å². The zero-order valence-corrected chi connectivity index (χ0v) is 14.4. The van der Waals surface area contributed by atoms with Crippen LogP contribution in [0.1, 0.15) is 26.2 Å². The van der Waals surface area contributed by atoms with Crippen LogP contribution in [0.3, 0.4) is 0 Å². The summed E-state index contributed by atoms with van der Waals surface area (Å²) in [6.45, 7) is 2.07. The molecule has 0 heterocycles. The maximum absolute atomic E-state index is 11.2. The van der Waals surface area contributed by atoms with Gasteiger partial charge in [0.15, 0.2) is 0 Å². The van der Waals surface area contributed by atoms with E-state index in [2.05, 4.69) is 60.7 Å². The van der Waals surface area contributed by atoms with Gasteiger partial charge in [-0.2, -0.15) is 0 Å². The maximum atomic E-state index is 11.2. The predicted molar refractivity (Wildman–Crippen MR) is 96.8 cm³/mol. The van der Waals surface area contributed by atoms with E-state index in [1.165, 1.54) is 30.4 Å². The first kappa shape index (κ1) is 16.2. The summed E-state index contributed by atoms with van der Waals surface area (Å²) in [4.78, 5) is 11.2. The van der Waals surface area contributed by atoms with Gasteiger partial charge in [0.2, 0.25) is 0 Å². The van der Waals surface area contributed by atoms with Gasteiger partial charge in [-0.15, -0.1) is 0 Å². The lowest BCUT2D eigenvalue weighted by molar-refractivity contribution is -0.142. The van der Waals surface area contributed by atoms with E-state index in [0.29, 0.717) is 18.2 Å². The molecule has 0 radical (unpaired) electrons. The second kappa shape index (κ2) is 7.75. The van der Waals surface area contributed by atoms with Crippen molar-refractivity contribution in [2.24, 2.45) is 5.92 Å². The van der Waals surface area contributed by atoms with Crippen LogP contribution in [0.25, 0.3) is 0 Å². The Morgan fingerprint density at radius 1 is 1.00 bits per heavy atom. The zero-order valence-electron chi connectivity index (χ0n) is 13.5. The van der Waals surface area contributed by atoms with Gasteiger partial charge in [-0.25, -0.2) is 0 Å². The van der Waals surface area contributed by atoms with Gasteiger partial charge in [-0.3, -0.25) is 4.79 Å². The lowest BCUT2D eigenvalue weighted by atomic mass is 10.1. The number of carbonyl (C=O) groups is 1. The fourth-order valence-electron chi connectivity index (χ4n) is 3.49. The Kier molecular flexibility index (Phi) is 5.46. The number of rotatable bonds is 5. The molecule has 23 heavy (non-hydrogen) atoms. The van der Waals surface area contributed by atoms with Crippen LogP contribution in [0.4, 0.5) is 0 Å². The van der Waals surface area contributed by atoms with E-state index in [0.717, 1.165) is 6.42 Å². The molecule has 1 saturated carbocycles. The van der Waals surface area contributed by atoms with Crippen LogP contribution in [0.15, 0.2) is 60.7 Å². The molecule has 2 unspecified atom stereocenters. The van der Waals surface area contributed by atoms with E-state index in [1.807, 2.05) is 0 Å². The third-order valence-corrected chi connectivity index (χ3v) is 7.57. The Labute approximate surface area is 139 Å². The number of hydrogen-bond donors (Lipinski definition) is 0. The van der Waals surface area contributed by atoms with E-state index in [1.54, 1.807) is 0 Å². The van der Waals surface area contributed by atoms with Crippen LogP contribution in [0.2, 0.25) is 0 Å². The van der Waals surface area contributed by atoms with Crippen LogP contribution in [0.5, 0.6) is 0 Å². The highest BCUT2D eigenvalue weighted by atomic mass is 31.1. The topological polar surface area (TPSA) is 26.3 Å². The van der Waals surface area contributed by atoms with Crippen LogP contribution >= 0.6 is 7.92 Å². The Hall–Kier alpha value is -1.66. The van der Waals surface area contributed by atoms with E-state index < -0.39 is 7.92 Å². The van der Waals surface area contributed by atoms with Crippen LogP contribution < -0.4 is 10.6 Å². The average molecular weight is 326 g/mol. The highest BCUT2D eigenvalue weighted by Gasteiger charge is 2.35. The molecule has 0 spiro atoms. The van der Waals surface area contributed by atoms with Gasteiger partial charge in [0, 0.05) is 12.8 Å². The van der Waals surface area contributed by atoms with Crippen LogP contribution in [0, 0.1) is 5.92 Å². The van der Waals surface area contributed by atoms with Crippen molar-refractivity contribution in [3.05, 3.63) is 60.7 Å². The fourth-order valence-corrected chi connectivity index (χ4v) is 6.63. The maximum Gasteiger partial charge on any atom is 0.302 e. The minimum Gasteiger partial charge on any atom is -0.466 e. The minimum absolute atomic E-state index is 0.167. The normalized spacial score (nSPS) is 20.6. The summed E-state index contributed by atoms with van der Waals surface area (Å²) in [7, 11) is -0.413. The van der Waals surface area contributed by atoms with Crippen molar-refractivity contribution in [2.75, 3.05) is 6.61 Å². The summed E-state index contributed by atoms with van der Waals surface area (Å²) >= 11 is 0. The summed E-state index contributed by atoms with van der Waals surface area (Å²) in [5, 5.41) is 2.85. The van der Waals surface area contributed by atoms with E-state index in [9.17, 15) is 4.79 Å². The molecular formula is C20H23O2P. The molecule has 0 saturated heterocycles. The number of ether oxygens (including phenoxy) is 1. The van der Waals surface area contributed by atoms with Crippen molar-refractivity contribution in [1.82, 2.24) is 0 Å². The monoisotopic (exact) mass is 326 g/mol. The minimum atomic E-state index is -0.413. The summed E-state index contributed by atoms with van der Waals surface area (Å²) in [6, 6.07) is 21.7. The lowest BCUT2D eigenvalue weighted by Gasteiger charge is -2.30. The van der Waals surface area contributed by atoms with Crippen molar-refractivity contribution in [1.29, 1.82) is 0 Å². The van der Waals surface area contributed by atoms with Crippen molar-refractivity contribution in [3.63, 3.8) is 0 Å². The summed E-state index contributed by atoms with van der Waals surface area (Å²) in [5.74, 6) is 0.310. The van der Waals surface area contributed by atoms with Crippen molar-refractivity contribution in [3.8, 4) is 0 Å². The molecule has 0 aromatic heterocycles. The Bertz CT molecular complexity index is 587. The molecule has 2 aromatic carbocycles. The molecule has 2 atom stereocenters. The van der Waals surface area contributed by atoms with Crippen molar-refractivity contribution < 1.29 is 9.53 Å². The lowest BCUT2D eigenvalue weighted by Crippen LogP contribution is -2.27. The van der Waals surface area contributed by atoms with E-state index >= 15 is 0 Å². The Morgan fingerprint density at radius 3 is 2.09 bits per heavy atom. The average Bonchev–Trinajstić information content (AvgIpc) is 3.03. The molecule has 1 aliphatic carbocycles. The van der Waals surface area contributed by atoms with Gasteiger partial charge in [-0.05, 0) is 37.0 Å². The van der Waals surface area contributed by atoms with Gasteiger partial charge in [-0.1, -0.05) is 67.1 Å². The summed E-state index contributed by atoms with van der Waals surface area (Å²) in [6.07, 6.45) is 3.62. The molecule has 0 N–H and O–H groups in total. The van der Waals surface area contributed by atoms with E-state index in [4.69, 9.17) is 4.74 Å². The molecule has 2 aromatic rings. The first-order chi connectivity index (χ1) is 11.3. The second-order valence-electron chi connectivity index (χ2n) is 6.10. The van der Waals surface area contributed by atoms with Crippen molar-refractivity contribution in [2.45, 2.75) is 31.8 Å². The van der Waals surface area contributed by atoms with Gasteiger partial charge in [0.1, 0.15) is 0 Å². The molecule has 1 aliphatic rings. The fraction of sp³-hybridized carbons (Fsp3) is 0.350. The molecule has 3 rings (SSSR count). The highest BCUT2D eigenvalue weighted by Crippen LogP contribution is 2.50. The Balaban J connectivity index is 1.90. The first-order valence-corrected chi connectivity index (χ1v) is 9.69. The number of carbonyl (C=O) groups excluding carboxylic acids is 1. The first-order valence-electron chi connectivity index (χ1n) is 8.28. The molecular weight excluding hydrogens is 303 g/mol. The molecule has 0 aliphatic heterocycles. The quantitative estimate of drug-likeness (QED) is 0.616. The van der Waals surface area contributed by atoms with Gasteiger partial charge in [0.25, 0.3) is 0 Å². The molecule has 120 valence electrons. The number of esters is 1. The third kappa shape index (κ3) is 4.00. The number of benzene rings is 2. The molecule has 2 nitrogen and oxygen atoms in total. The third-order valence-electron chi connectivity index (χ3n) is 4.52. The van der Waals surface area contributed by atoms with Crippen LogP contribution in [-0.4, -0.2) is 18.2 Å². The summed E-state index contributed by atoms with van der Waals surface area (Å²) < 4.78 is 5.35. The van der Waals surface area contributed by atoms with Gasteiger partial charge >= 0.3 is 5.97 Å². The van der Waals surface area contributed by atoms with Crippen molar-refractivity contribution >= 4 is 24.5 Å². The molecule has 0 amide bonds. The number of hydrogen-bond acceptors (Lipinski definition) is 2. The zero-order chi connectivity index (χ0) is 16.1. The molecule has 3 heteroatoms. The van der Waals surface area contributed by atoms with Gasteiger partial charge < -0.3 is 4.74 Å². The smallest absolute Gasteiger partial charge is 0.302 e. The Morgan fingerprint density at radius 2 is 1.57 bits per heavy atom. The SMILES string of the molecule is CC(=O)OCC1CCCC1P(c1ccccc1)c1ccccc1. The van der Waals surface area contributed by atoms with E-state index in [-0.39, 0.29) is 5.97 Å². The molecule has 0 bridgehead atoms. The summed E-state index contributed by atoms with van der Waals surface area (Å²) in [5.41, 5.74) is 0.592. The predicted octanol–water partition coefficient (Wildman–Crippen LogP) is 3.85. The van der Waals surface area contributed by atoms with Gasteiger partial charge in [0.05, 0.1) is 6.61 Å². The standard InChI is InChI=1S/C20H23O2P/c1-16(21)22-15-17-9-8-14-20(17)23(18-10-4-2-5-11-18)19-12-6-3-7-13-19/h2-7,10-13,17,20H,8-9,14-15H2,1H3. The second-order valence-corrected chi connectivity index (χ2v) is 8.54. The highest BCUT2D eigenvalue weighted by molar-refractivity contribution is 7.73.